The highest BCUT2D eigenvalue weighted by Gasteiger charge is 2.32. The predicted octanol–water partition coefficient (Wildman–Crippen LogP) is 3.75. The smallest absolute Gasteiger partial charge is 0.379 e. The summed E-state index contributed by atoms with van der Waals surface area (Å²) in [6.45, 7) is 0. The number of rotatable bonds is 3. The summed E-state index contributed by atoms with van der Waals surface area (Å²) >= 11 is 0. The Labute approximate surface area is 122 Å². The first-order chi connectivity index (χ1) is 10.1. The third-order valence-electron chi connectivity index (χ3n) is 2.55. The average molecular weight is 338 g/mol. The second-order valence-electron chi connectivity index (χ2n) is 4.14. The van der Waals surface area contributed by atoms with E-state index in [1.165, 1.54) is 0 Å². The average Bonchev–Trinajstić information content (AvgIpc) is 2.42. The fraction of sp³-hybridized carbons (Fsp3) is 0.0769. The third kappa shape index (κ3) is 3.53. The van der Waals surface area contributed by atoms with Gasteiger partial charge in [0.25, 0.3) is 0 Å². The zero-order valence-electron chi connectivity index (χ0n) is 10.6. The molecule has 118 valence electrons. The van der Waals surface area contributed by atoms with Gasteiger partial charge in [0.1, 0.15) is 10.6 Å². The number of halogens is 5. The van der Waals surface area contributed by atoms with Crippen molar-refractivity contribution in [3.63, 3.8) is 0 Å². The molecule has 3 nitrogen and oxygen atoms in total. The van der Waals surface area contributed by atoms with Crippen molar-refractivity contribution in [2.75, 3.05) is 0 Å². The fourth-order valence-corrected chi connectivity index (χ4v) is 2.50. The van der Waals surface area contributed by atoms with Gasteiger partial charge in [0, 0.05) is 6.07 Å². The first-order valence-electron chi connectivity index (χ1n) is 5.66. The van der Waals surface area contributed by atoms with Crippen LogP contribution in [0.4, 0.5) is 22.0 Å². The van der Waals surface area contributed by atoms with Crippen molar-refractivity contribution in [2.45, 2.75) is 11.1 Å². The number of alkyl halides is 3. The molecule has 0 aliphatic carbocycles. The van der Waals surface area contributed by atoms with E-state index < -0.39 is 44.1 Å². The standard InChI is InChI=1S/C13H7F5O3S/c14-11-5-4-9(7-12(11)15)21-22(19,20)10-3-1-2-8(6-10)13(16,17)18/h1-7H. The molecule has 0 aromatic heterocycles. The van der Waals surface area contributed by atoms with E-state index in [1.54, 1.807) is 0 Å². The monoisotopic (exact) mass is 338 g/mol. The van der Waals surface area contributed by atoms with E-state index in [0.717, 1.165) is 18.2 Å². The van der Waals surface area contributed by atoms with E-state index in [9.17, 15) is 30.4 Å². The molecule has 2 aromatic carbocycles. The van der Waals surface area contributed by atoms with Gasteiger partial charge in [0.15, 0.2) is 11.6 Å². The Morgan fingerprint density at radius 1 is 0.909 bits per heavy atom. The fourth-order valence-electron chi connectivity index (χ4n) is 1.53. The molecule has 22 heavy (non-hydrogen) atoms. The van der Waals surface area contributed by atoms with Gasteiger partial charge in [0.05, 0.1) is 5.56 Å². The highest BCUT2D eigenvalue weighted by atomic mass is 32.2. The number of benzene rings is 2. The van der Waals surface area contributed by atoms with Crippen LogP contribution in [0.5, 0.6) is 5.75 Å². The molecule has 9 heteroatoms. The topological polar surface area (TPSA) is 43.4 Å². The molecule has 0 atom stereocenters. The zero-order valence-corrected chi connectivity index (χ0v) is 11.4. The molecular formula is C13H7F5O3S. The van der Waals surface area contributed by atoms with Crippen molar-refractivity contribution in [1.82, 2.24) is 0 Å². The Hall–Kier alpha value is -2.16. The molecule has 0 aliphatic heterocycles. The Balaban J connectivity index is 2.36. The van der Waals surface area contributed by atoms with Crippen LogP contribution in [0.1, 0.15) is 5.56 Å². The van der Waals surface area contributed by atoms with Gasteiger partial charge < -0.3 is 4.18 Å². The molecule has 0 N–H and O–H groups in total. The van der Waals surface area contributed by atoms with Crippen LogP contribution in [-0.4, -0.2) is 8.42 Å². The van der Waals surface area contributed by atoms with Gasteiger partial charge in [-0.1, -0.05) is 6.07 Å². The molecule has 0 fully saturated rings. The van der Waals surface area contributed by atoms with Crippen LogP contribution in [0.3, 0.4) is 0 Å². The van der Waals surface area contributed by atoms with Gasteiger partial charge in [-0.2, -0.15) is 21.6 Å². The Morgan fingerprint density at radius 2 is 1.59 bits per heavy atom. The van der Waals surface area contributed by atoms with Crippen LogP contribution in [0.2, 0.25) is 0 Å². The first kappa shape index (κ1) is 16.2. The molecular weight excluding hydrogens is 331 g/mol. The van der Waals surface area contributed by atoms with Crippen LogP contribution in [0.25, 0.3) is 0 Å². The van der Waals surface area contributed by atoms with Gasteiger partial charge in [-0.15, -0.1) is 0 Å². The van der Waals surface area contributed by atoms with Crippen LogP contribution >= 0.6 is 0 Å². The number of hydrogen-bond donors (Lipinski definition) is 0. The number of hydrogen-bond acceptors (Lipinski definition) is 3. The maximum Gasteiger partial charge on any atom is 0.416 e. The normalized spacial score (nSPS) is 12.2. The van der Waals surface area contributed by atoms with Crippen molar-refractivity contribution in [2.24, 2.45) is 0 Å². The van der Waals surface area contributed by atoms with E-state index in [4.69, 9.17) is 0 Å². The second kappa shape index (κ2) is 5.56. The van der Waals surface area contributed by atoms with Crippen LogP contribution in [0, 0.1) is 11.6 Å². The van der Waals surface area contributed by atoms with Gasteiger partial charge in [-0.05, 0) is 30.3 Å². The van der Waals surface area contributed by atoms with E-state index in [0.29, 0.717) is 24.3 Å². The van der Waals surface area contributed by atoms with Crippen molar-refractivity contribution in [1.29, 1.82) is 0 Å². The molecule has 0 spiro atoms. The van der Waals surface area contributed by atoms with Gasteiger partial charge in [0.2, 0.25) is 0 Å². The SMILES string of the molecule is O=S(=O)(Oc1ccc(F)c(F)c1)c1cccc(C(F)(F)F)c1. The molecule has 0 radical (unpaired) electrons. The summed E-state index contributed by atoms with van der Waals surface area (Å²) < 4.78 is 91.6. The van der Waals surface area contributed by atoms with Gasteiger partial charge >= 0.3 is 16.3 Å². The maximum absolute atomic E-state index is 13.0. The molecule has 2 aromatic rings. The van der Waals surface area contributed by atoms with E-state index in [1.807, 2.05) is 0 Å². The molecule has 2 rings (SSSR count). The highest BCUT2D eigenvalue weighted by Crippen LogP contribution is 2.31. The highest BCUT2D eigenvalue weighted by molar-refractivity contribution is 7.87. The molecule has 0 saturated heterocycles. The lowest BCUT2D eigenvalue weighted by molar-refractivity contribution is -0.137. The Bertz CT molecular complexity index is 800. The minimum absolute atomic E-state index is 0.384. The summed E-state index contributed by atoms with van der Waals surface area (Å²) in [6, 6.07) is 4.80. The van der Waals surface area contributed by atoms with Crippen molar-refractivity contribution < 1.29 is 34.6 Å². The van der Waals surface area contributed by atoms with E-state index in [2.05, 4.69) is 4.18 Å². The molecule has 0 aliphatic rings. The lowest BCUT2D eigenvalue weighted by Crippen LogP contribution is -2.12. The largest absolute Gasteiger partial charge is 0.416 e. The van der Waals surface area contributed by atoms with E-state index in [-0.39, 0.29) is 0 Å². The van der Waals surface area contributed by atoms with Crippen LogP contribution in [-0.2, 0) is 16.3 Å². The lowest BCUT2D eigenvalue weighted by Gasteiger charge is -2.10. The minimum atomic E-state index is -4.73. The summed E-state index contributed by atoms with van der Waals surface area (Å²) in [6.07, 6.45) is -4.73. The Kier molecular flexibility index (Phi) is 4.10. The van der Waals surface area contributed by atoms with Crippen LogP contribution in [0.15, 0.2) is 47.4 Å². The third-order valence-corrected chi connectivity index (χ3v) is 3.79. The molecule has 0 bridgehead atoms. The van der Waals surface area contributed by atoms with E-state index >= 15 is 0 Å². The maximum atomic E-state index is 13.0. The van der Waals surface area contributed by atoms with Crippen LogP contribution < -0.4 is 4.18 Å². The zero-order chi connectivity index (χ0) is 16.5. The molecule has 0 amide bonds. The lowest BCUT2D eigenvalue weighted by atomic mass is 10.2. The second-order valence-corrected chi connectivity index (χ2v) is 5.69. The van der Waals surface area contributed by atoms with Gasteiger partial charge in [-0.25, -0.2) is 8.78 Å². The molecule has 0 saturated carbocycles. The minimum Gasteiger partial charge on any atom is -0.379 e. The summed E-state index contributed by atoms with van der Waals surface area (Å²) in [4.78, 5) is -0.757. The first-order valence-corrected chi connectivity index (χ1v) is 7.07. The van der Waals surface area contributed by atoms with Gasteiger partial charge in [-0.3, -0.25) is 0 Å². The predicted molar refractivity (Wildman–Crippen MR) is 65.6 cm³/mol. The molecule has 0 heterocycles. The summed E-state index contributed by atoms with van der Waals surface area (Å²) in [5, 5.41) is 0. The summed E-state index contributed by atoms with van der Waals surface area (Å²) in [5.74, 6) is -3.13. The van der Waals surface area contributed by atoms with Crippen molar-refractivity contribution in [3.05, 3.63) is 59.7 Å². The quantitative estimate of drug-likeness (QED) is 0.632. The van der Waals surface area contributed by atoms with Crippen molar-refractivity contribution >= 4 is 10.1 Å². The summed E-state index contributed by atoms with van der Waals surface area (Å²) in [7, 11) is -4.61. The molecule has 0 unspecified atom stereocenters. The Morgan fingerprint density at radius 3 is 2.18 bits per heavy atom. The van der Waals surface area contributed by atoms with Crippen molar-refractivity contribution in [3.8, 4) is 5.75 Å². The summed E-state index contributed by atoms with van der Waals surface area (Å²) in [5.41, 5.74) is -1.18.